The fourth-order valence-electron chi connectivity index (χ4n) is 1.43. The third-order valence-corrected chi connectivity index (χ3v) is 2.10. The molecule has 0 aromatic heterocycles. The number of carbonyl (C=O) groups excluding carboxylic acids is 1. The Balaban J connectivity index is 2.46. The zero-order valence-electron chi connectivity index (χ0n) is 7.66. The number of rotatable bonds is 0. The van der Waals surface area contributed by atoms with Crippen molar-refractivity contribution in [3.05, 3.63) is 23.8 Å². The lowest BCUT2D eigenvalue weighted by atomic mass is 10.2. The van der Waals surface area contributed by atoms with Crippen molar-refractivity contribution in [2.45, 2.75) is 13.8 Å². The lowest BCUT2D eigenvalue weighted by Gasteiger charge is -2.07. The molecule has 0 radical (unpaired) electrons. The summed E-state index contributed by atoms with van der Waals surface area (Å²) in [5.41, 5.74) is 7.80. The van der Waals surface area contributed by atoms with E-state index >= 15 is 0 Å². The van der Waals surface area contributed by atoms with Crippen molar-refractivity contribution in [2.24, 2.45) is 0 Å². The Morgan fingerprint density at radius 3 is 3.00 bits per heavy atom. The summed E-state index contributed by atoms with van der Waals surface area (Å²) in [5.74, 6) is 0.0249. The number of amides is 1. The van der Waals surface area contributed by atoms with Crippen molar-refractivity contribution in [1.29, 1.82) is 0 Å². The molecule has 1 aliphatic heterocycles. The minimum absolute atomic E-state index is 0.0249. The standard InChI is InChI=1S/C9H11N3O/c1-6-3-4-8-9(5-6)12(7(2)13)11-10-8/h3-5,10-11H,1-2H3/p+1. The predicted octanol–water partition coefficient (Wildman–Crippen LogP) is 0.167. The van der Waals surface area contributed by atoms with Crippen LogP contribution in [-0.2, 0) is 4.79 Å². The smallest absolute Gasteiger partial charge is 0.269 e. The van der Waals surface area contributed by atoms with Gasteiger partial charge >= 0.3 is 0 Å². The molecule has 0 fully saturated rings. The first kappa shape index (κ1) is 8.07. The van der Waals surface area contributed by atoms with E-state index in [4.69, 9.17) is 0 Å². The molecule has 0 aliphatic carbocycles. The van der Waals surface area contributed by atoms with Crippen molar-refractivity contribution >= 4 is 17.3 Å². The van der Waals surface area contributed by atoms with Crippen LogP contribution in [0.25, 0.3) is 0 Å². The SMILES string of the molecule is CC(=O)N1[NH2+]Nc2ccc(C)cc21. The lowest BCUT2D eigenvalue weighted by Crippen LogP contribution is -2.96. The van der Waals surface area contributed by atoms with Gasteiger partial charge in [-0.15, -0.1) is 10.5 Å². The third kappa shape index (κ3) is 1.25. The number of benzene rings is 1. The molecule has 1 aromatic rings. The van der Waals surface area contributed by atoms with Gasteiger partial charge in [-0.1, -0.05) is 6.07 Å². The van der Waals surface area contributed by atoms with Gasteiger partial charge in [0.15, 0.2) is 0 Å². The topological polar surface area (TPSA) is 49.0 Å². The van der Waals surface area contributed by atoms with E-state index in [0.717, 1.165) is 16.9 Å². The number of nitrogens with zero attached hydrogens (tertiary/aromatic N) is 1. The molecule has 68 valence electrons. The Kier molecular flexibility index (Phi) is 1.70. The largest absolute Gasteiger partial charge is 0.272 e. The van der Waals surface area contributed by atoms with Crippen molar-refractivity contribution in [2.75, 3.05) is 10.4 Å². The highest BCUT2D eigenvalue weighted by molar-refractivity contribution is 5.93. The number of quaternary nitrogens is 1. The van der Waals surface area contributed by atoms with Gasteiger partial charge in [-0.3, -0.25) is 4.79 Å². The van der Waals surface area contributed by atoms with Crippen LogP contribution >= 0.6 is 0 Å². The second-order valence-corrected chi connectivity index (χ2v) is 3.18. The number of hydrogen-bond acceptors (Lipinski definition) is 2. The molecular weight excluding hydrogens is 166 g/mol. The average molecular weight is 178 g/mol. The second kappa shape index (κ2) is 2.74. The Labute approximate surface area is 76.5 Å². The summed E-state index contributed by atoms with van der Waals surface area (Å²) in [6, 6.07) is 5.99. The van der Waals surface area contributed by atoms with Crippen LogP contribution in [-0.4, -0.2) is 5.91 Å². The first-order valence-corrected chi connectivity index (χ1v) is 4.19. The number of hydrogen-bond donors (Lipinski definition) is 2. The minimum Gasteiger partial charge on any atom is -0.269 e. The number of nitrogens with one attached hydrogen (secondary N) is 1. The predicted molar refractivity (Wildman–Crippen MR) is 49.9 cm³/mol. The zero-order valence-corrected chi connectivity index (χ0v) is 7.66. The normalized spacial score (nSPS) is 13.8. The first-order valence-electron chi connectivity index (χ1n) is 4.19. The zero-order chi connectivity index (χ0) is 9.42. The van der Waals surface area contributed by atoms with Gasteiger partial charge in [0.25, 0.3) is 5.91 Å². The Morgan fingerprint density at radius 1 is 1.54 bits per heavy atom. The summed E-state index contributed by atoms with van der Waals surface area (Å²) < 4.78 is 0. The number of fused-ring (bicyclic) bond motifs is 1. The van der Waals surface area contributed by atoms with E-state index in [9.17, 15) is 4.79 Å². The maximum absolute atomic E-state index is 11.2. The highest BCUT2D eigenvalue weighted by atomic mass is 16.2. The fourth-order valence-corrected chi connectivity index (χ4v) is 1.43. The van der Waals surface area contributed by atoms with Crippen LogP contribution in [0.2, 0.25) is 0 Å². The quantitative estimate of drug-likeness (QED) is 0.439. The molecule has 0 spiro atoms. The van der Waals surface area contributed by atoms with Crippen LogP contribution in [0.5, 0.6) is 0 Å². The second-order valence-electron chi connectivity index (χ2n) is 3.18. The van der Waals surface area contributed by atoms with E-state index in [1.807, 2.05) is 25.1 Å². The number of aryl methyl sites for hydroxylation is 1. The summed E-state index contributed by atoms with van der Waals surface area (Å²) in [6.45, 7) is 3.56. The molecule has 0 saturated heterocycles. The lowest BCUT2D eigenvalue weighted by molar-refractivity contribution is -0.621. The van der Waals surface area contributed by atoms with E-state index in [0.29, 0.717) is 0 Å². The maximum atomic E-state index is 11.2. The Morgan fingerprint density at radius 2 is 2.31 bits per heavy atom. The fraction of sp³-hybridized carbons (Fsp3) is 0.222. The number of anilines is 2. The molecule has 0 bridgehead atoms. The van der Waals surface area contributed by atoms with E-state index in [-0.39, 0.29) is 5.91 Å². The van der Waals surface area contributed by atoms with Gasteiger partial charge in [-0.2, -0.15) is 0 Å². The molecular formula is C9H12N3O+. The molecule has 0 unspecified atom stereocenters. The van der Waals surface area contributed by atoms with E-state index < -0.39 is 0 Å². The molecule has 13 heavy (non-hydrogen) atoms. The first-order chi connectivity index (χ1) is 6.18. The summed E-state index contributed by atoms with van der Waals surface area (Å²) in [6.07, 6.45) is 0. The Hall–Kier alpha value is -1.55. The maximum Gasteiger partial charge on any atom is 0.272 e. The highest BCUT2D eigenvalue weighted by Crippen LogP contribution is 2.26. The summed E-state index contributed by atoms with van der Waals surface area (Å²) >= 11 is 0. The molecule has 4 heteroatoms. The van der Waals surface area contributed by atoms with Crippen molar-refractivity contribution in [3.8, 4) is 0 Å². The summed E-state index contributed by atoms with van der Waals surface area (Å²) in [5, 5.41) is 1.61. The van der Waals surface area contributed by atoms with Gasteiger partial charge in [0.1, 0.15) is 11.4 Å². The molecule has 0 atom stereocenters. The van der Waals surface area contributed by atoms with Gasteiger partial charge in [0.2, 0.25) is 0 Å². The average Bonchev–Trinajstić information content (AvgIpc) is 2.46. The monoisotopic (exact) mass is 178 g/mol. The van der Waals surface area contributed by atoms with Crippen molar-refractivity contribution in [1.82, 2.24) is 0 Å². The molecule has 1 aromatic carbocycles. The summed E-state index contributed by atoms with van der Waals surface area (Å²) in [4.78, 5) is 11.2. The van der Waals surface area contributed by atoms with Crippen molar-refractivity contribution in [3.63, 3.8) is 0 Å². The molecule has 0 saturated carbocycles. The number of nitrogen functional groups attached to an aromatic ring is 1. The van der Waals surface area contributed by atoms with Crippen LogP contribution in [0.15, 0.2) is 18.2 Å². The third-order valence-electron chi connectivity index (χ3n) is 2.10. The summed E-state index contributed by atoms with van der Waals surface area (Å²) in [7, 11) is 0. The number of carbonyl (C=O) groups is 1. The van der Waals surface area contributed by atoms with E-state index in [2.05, 4.69) is 5.43 Å². The molecule has 2 rings (SSSR count). The van der Waals surface area contributed by atoms with Crippen LogP contribution in [0, 0.1) is 6.92 Å². The molecule has 1 amide bonds. The number of nitrogens with two attached hydrogens (primary N) is 1. The van der Waals surface area contributed by atoms with Crippen LogP contribution < -0.4 is 16.0 Å². The van der Waals surface area contributed by atoms with Gasteiger partial charge in [0, 0.05) is 6.92 Å². The molecule has 3 N–H and O–H groups in total. The molecule has 1 heterocycles. The van der Waals surface area contributed by atoms with Crippen LogP contribution in [0.4, 0.5) is 11.4 Å². The van der Waals surface area contributed by atoms with E-state index in [1.54, 1.807) is 17.5 Å². The van der Waals surface area contributed by atoms with Crippen LogP contribution in [0.1, 0.15) is 12.5 Å². The molecule has 1 aliphatic rings. The van der Waals surface area contributed by atoms with Gasteiger partial charge in [-0.25, -0.2) is 5.43 Å². The minimum atomic E-state index is 0.0249. The van der Waals surface area contributed by atoms with Gasteiger partial charge in [0.05, 0.1) is 0 Å². The van der Waals surface area contributed by atoms with E-state index in [1.165, 1.54) is 0 Å². The van der Waals surface area contributed by atoms with Gasteiger partial charge in [-0.05, 0) is 24.6 Å². The van der Waals surface area contributed by atoms with Crippen LogP contribution in [0.3, 0.4) is 0 Å². The molecule has 4 nitrogen and oxygen atoms in total. The van der Waals surface area contributed by atoms with Gasteiger partial charge < -0.3 is 0 Å². The highest BCUT2D eigenvalue weighted by Gasteiger charge is 2.25. The Bertz CT molecular complexity index is 362. The van der Waals surface area contributed by atoms with Crippen molar-refractivity contribution < 1.29 is 10.3 Å².